The number of H-pyrrole nitrogens is 1. The molecule has 0 radical (unpaired) electrons. The summed E-state index contributed by atoms with van der Waals surface area (Å²) in [6, 6.07) is 9.50. The van der Waals surface area contributed by atoms with Crippen molar-refractivity contribution in [2.45, 2.75) is 38.7 Å². The lowest BCUT2D eigenvalue weighted by atomic mass is 9.81. The van der Waals surface area contributed by atoms with E-state index in [4.69, 9.17) is 27.9 Å². The van der Waals surface area contributed by atoms with Crippen molar-refractivity contribution in [3.8, 4) is 29.6 Å². The topological polar surface area (TPSA) is 108 Å². The lowest BCUT2D eigenvalue weighted by Crippen LogP contribution is -2.44. The first-order valence-electron chi connectivity index (χ1n) is 12.5. The number of likely N-dealkylation sites (tertiary alicyclic amines) is 1. The van der Waals surface area contributed by atoms with E-state index in [9.17, 15) is 9.59 Å². The maximum Gasteiger partial charge on any atom is 0.331 e. The van der Waals surface area contributed by atoms with Gasteiger partial charge in [0.1, 0.15) is 6.10 Å². The highest BCUT2D eigenvalue weighted by Crippen LogP contribution is 2.34. The van der Waals surface area contributed by atoms with Crippen molar-refractivity contribution in [2.75, 3.05) is 13.1 Å². The summed E-state index contributed by atoms with van der Waals surface area (Å²) < 4.78 is 5.99. The molecule has 2 N–H and O–H groups in total. The molecule has 194 valence electrons. The molecular weight excluding hydrogens is 504 g/mol. The van der Waals surface area contributed by atoms with Crippen molar-refractivity contribution < 1.29 is 19.4 Å². The second kappa shape index (κ2) is 10.7. The van der Waals surface area contributed by atoms with E-state index in [1.54, 1.807) is 12.1 Å². The number of ether oxygens (including phenoxy) is 1. The molecular formula is C29H27ClN4O4. The number of hydrogen-bond acceptors (Lipinski definition) is 5. The predicted octanol–water partition coefficient (Wildman–Crippen LogP) is 5.11. The molecule has 1 aromatic carbocycles. The molecule has 9 heteroatoms. The number of imidazole rings is 1. The number of benzene rings is 1. The van der Waals surface area contributed by atoms with Gasteiger partial charge in [-0.3, -0.25) is 4.79 Å². The highest BCUT2D eigenvalue weighted by atomic mass is 35.5. The van der Waals surface area contributed by atoms with Crippen LogP contribution in [0, 0.1) is 18.3 Å². The van der Waals surface area contributed by atoms with Crippen LogP contribution < -0.4 is 4.74 Å². The van der Waals surface area contributed by atoms with Gasteiger partial charge in [-0.25, -0.2) is 9.78 Å². The van der Waals surface area contributed by atoms with Gasteiger partial charge >= 0.3 is 5.97 Å². The van der Waals surface area contributed by atoms with E-state index in [1.165, 1.54) is 13.0 Å². The maximum absolute atomic E-state index is 12.5. The van der Waals surface area contributed by atoms with Gasteiger partial charge in [-0.2, -0.15) is 4.98 Å². The Balaban J connectivity index is 1.28. The smallest absolute Gasteiger partial charge is 0.331 e. The molecule has 1 saturated heterocycles. The number of amides is 1. The number of nitrogens with zero attached hydrogens (tertiary/aromatic N) is 3. The molecule has 38 heavy (non-hydrogen) atoms. The third-order valence-electron chi connectivity index (χ3n) is 7.01. The molecule has 0 atom stereocenters. The van der Waals surface area contributed by atoms with Crippen molar-refractivity contribution in [1.82, 2.24) is 19.9 Å². The molecule has 2 aromatic heterocycles. The minimum atomic E-state index is -1.000. The van der Waals surface area contributed by atoms with E-state index in [2.05, 4.69) is 20.9 Å². The zero-order valence-corrected chi connectivity index (χ0v) is 21.7. The molecule has 1 amide bonds. The number of halogens is 1. The van der Waals surface area contributed by atoms with Crippen LogP contribution in [0.15, 0.2) is 48.1 Å². The van der Waals surface area contributed by atoms with Crippen LogP contribution in [0.25, 0.3) is 28.0 Å². The molecule has 5 rings (SSSR count). The van der Waals surface area contributed by atoms with Crippen LogP contribution in [0.4, 0.5) is 0 Å². The quantitative estimate of drug-likeness (QED) is 0.250. The van der Waals surface area contributed by atoms with Crippen LogP contribution in [0.3, 0.4) is 0 Å². The number of rotatable bonds is 7. The molecule has 2 aliphatic rings. The third kappa shape index (κ3) is 5.29. The molecule has 8 nitrogen and oxygen atoms in total. The van der Waals surface area contributed by atoms with E-state index in [0.29, 0.717) is 46.3 Å². The van der Waals surface area contributed by atoms with Crippen LogP contribution in [0.1, 0.15) is 38.2 Å². The number of carboxylic acid groups (broad SMARTS) is 1. The van der Waals surface area contributed by atoms with Gasteiger partial charge in [0.25, 0.3) is 6.01 Å². The summed E-state index contributed by atoms with van der Waals surface area (Å²) in [4.78, 5) is 37.8. The summed E-state index contributed by atoms with van der Waals surface area (Å²) >= 11 is 6.55. The number of aromatic amines is 1. The fourth-order valence-electron chi connectivity index (χ4n) is 4.69. The fourth-order valence-corrected chi connectivity index (χ4v) is 4.95. The first-order valence-corrected chi connectivity index (χ1v) is 12.9. The summed E-state index contributed by atoms with van der Waals surface area (Å²) in [6.45, 7) is 3.24. The van der Waals surface area contributed by atoms with Gasteiger partial charge in [0.05, 0.1) is 16.2 Å². The number of carbonyl (C=O) groups excluding carboxylic acids is 1. The first kappa shape index (κ1) is 25.6. The normalized spacial score (nSPS) is 19.8. The predicted molar refractivity (Wildman–Crippen MR) is 145 cm³/mol. The number of hydrogen-bond donors (Lipinski definition) is 2. The Morgan fingerprint density at radius 1 is 1.18 bits per heavy atom. The Morgan fingerprint density at radius 2 is 1.89 bits per heavy atom. The van der Waals surface area contributed by atoms with E-state index < -0.39 is 5.97 Å². The second-order valence-electron chi connectivity index (χ2n) is 9.63. The minimum absolute atomic E-state index is 0.0340. The van der Waals surface area contributed by atoms with E-state index >= 15 is 0 Å². The average Bonchev–Trinajstić information content (AvgIpc) is 3.55. The molecule has 0 unspecified atom stereocenters. The second-order valence-corrected chi connectivity index (χ2v) is 10.0. The van der Waals surface area contributed by atoms with E-state index in [-0.39, 0.29) is 23.5 Å². The van der Waals surface area contributed by atoms with Gasteiger partial charge < -0.3 is 19.7 Å². The molecule has 1 saturated carbocycles. The SMILES string of the molecule is C#C/C(=C\C=C(/C)C(=O)O)c1ccc(-c2nc3nc(OC4CC(C(=O)N5CCCC5)C4)[nH]c3cc2Cl)cc1. The van der Waals surface area contributed by atoms with Gasteiger partial charge in [0.2, 0.25) is 5.91 Å². The van der Waals surface area contributed by atoms with Gasteiger partial charge in [-0.15, -0.1) is 6.42 Å². The number of carboxylic acids is 1. The van der Waals surface area contributed by atoms with E-state index in [0.717, 1.165) is 37.1 Å². The average molecular weight is 531 g/mol. The lowest BCUT2D eigenvalue weighted by Gasteiger charge is -2.35. The van der Waals surface area contributed by atoms with Crippen LogP contribution in [0.2, 0.25) is 5.02 Å². The Labute approximate surface area is 225 Å². The summed E-state index contributed by atoms with van der Waals surface area (Å²) in [7, 11) is 0. The van der Waals surface area contributed by atoms with Gasteiger partial charge in [-0.1, -0.05) is 47.9 Å². The summed E-state index contributed by atoms with van der Waals surface area (Å²) in [5.41, 5.74) is 3.99. The molecule has 1 aliphatic carbocycles. The largest absolute Gasteiger partial charge is 0.478 e. The fraction of sp³-hybridized carbons (Fsp3) is 0.310. The number of fused-ring (bicyclic) bond motifs is 1. The van der Waals surface area contributed by atoms with Crippen molar-refractivity contribution in [2.24, 2.45) is 5.92 Å². The number of allylic oxidation sites excluding steroid dienone is 3. The Hall–Kier alpha value is -4.09. The standard InChI is InChI=1S/C29H27ClN4O4/c1-3-18(7-6-17(2)28(36)37)19-8-10-20(11-9-19)25-23(30)16-24-26(32-25)33-29(31-24)38-22-14-21(15-22)27(35)34-12-4-5-13-34/h1,6-11,16,21-22H,4-5,12-15H2,2H3,(H,36,37)(H,31,32,33)/b17-6+,18-7+. The third-order valence-corrected chi connectivity index (χ3v) is 7.30. The Morgan fingerprint density at radius 3 is 2.55 bits per heavy atom. The number of nitrogens with one attached hydrogen (secondary N) is 1. The zero-order valence-electron chi connectivity index (χ0n) is 20.9. The van der Waals surface area contributed by atoms with Crippen molar-refractivity contribution in [3.63, 3.8) is 0 Å². The molecule has 0 spiro atoms. The van der Waals surface area contributed by atoms with Crippen LogP contribution in [-0.4, -0.2) is 56.0 Å². The number of terminal acetylenes is 1. The Kier molecular flexibility index (Phi) is 7.21. The van der Waals surface area contributed by atoms with Gasteiger partial charge in [0.15, 0.2) is 5.65 Å². The van der Waals surface area contributed by atoms with Gasteiger partial charge in [0, 0.05) is 35.7 Å². The molecule has 0 bridgehead atoms. The van der Waals surface area contributed by atoms with Crippen molar-refractivity contribution in [3.05, 3.63) is 58.6 Å². The summed E-state index contributed by atoms with van der Waals surface area (Å²) in [6.07, 6.45) is 12.2. The zero-order chi connectivity index (χ0) is 26.8. The number of aliphatic carboxylic acids is 1. The molecule has 2 fully saturated rings. The monoisotopic (exact) mass is 530 g/mol. The van der Waals surface area contributed by atoms with Crippen LogP contribution in [-0.2, 0) is 9.59 Å². The summed E-state index contributed by atoms with van der Waals surface area (Å²) in [5, 5.41) is 9.48. The van der Waals surface area contributed by atoms with E-state index in [1.807, 2.05) is 29.2 Å². The molecule has 1 aliphatic heterocycles. The van der Waals surface area contributed by atoms with Crippen LogP contribution in [0.5, 0.6) is 6.01 Å². The lowest BCUT2D eigenvalue weighted by molar-refractivity contribution is -0.140. The number of aromatic nitrogens is 3. The van der Waals surface area contributed by atoms with Crippen molar-refractivity contribution in [1.29, 1.82) is 0 Å². The minimum Gasteiger partial charge on any atom is -0.478 e. The first-order chi connectivity index (χ1) is 18.3. The van der Waals surface area contributed by atoms with Gasteiger partial charge in [-0.05, 0) is 50.3 Å². The maximum atomic E-state index is 12.5. The molecule has 3 heterocycles. The highest BCUT2D eigenvalue weighted by Gasteiger charge is 2.39. The number of pyridine rings is 1. The van der Waals surface area contributed by atoms with Crippen molar-refractivity contribution >= 4 is 40.2 Å². The Bertz CT molecular complexity index is 1490. The van der Waals surface area contributed by atoms with Crippen LogP contribution >= 0.6 is 11.6 Å². The highest BCUT2D eigenvalue weighted by molar-refractivity contribution is 6.33. The summed E-state index contributed by atoms with van der Waals surface area (Å²) in [5.74, 6) is 1.87. The molecule has 3 aromatic rings. The number of carbonyl (C=O) groups is 2.